The van der Waals surface area contributed by atoms with Gasteiger partial charge in [-0.3, -0.25) is 18.7 Å². The minimum Gasteiger partial charge on any atom is -0.352 e. The van der Waals surface area contributed by atoms with Gasteiger partial charge in [-0.25, -0.2) is 4.79 Å². The summed E-state index contributed by atoms with van der Waals surface area (Å²) in [6, 6.07) is 1.54. The van der Waals surface area contributed by atoms with Crippen LogP contribution < -0.4 is 16.6 Å². The van der Waals surface area contributed by atoms with E-state index in [4.69, 9.17) is 0 Å². The van der Waals surface area contributed by atoms with Gasteiger partial charge in [0.25, 0.3) is 5.56 Å². The van der Waals surface area contributed by atoms with Crippen molar-refractivity contribution in [2.75, 3.05) is 0 Å². The van der Waals surface area contributed by atoms with E-state index < -0.39 is 5.69 Å². The van der Waals surface area contributed by atoms with Crippen LogP contribution in [0.4, 0.5) is 0 Å². The van der Waals surface area contributed by atoms with Gasteiger partial charge < -0.3 is 5.32 Å². The summed E-state index contributed by atoms with van der Waals surface area (Å²) in [4.78, 5) is 34.1. The Morgan fingerprint density at radius 3 is 2.81 bits per heavy atom. The lowest BCUT2D eigenvalue weighted by molar-refractivity contribution is -0.121. The van der Waals surface area contributed by atoms with Gasteiger partial charge in [0.2, 0.25) is 5.91 Å². The van der Waals surface area contributed by atoms with Crippen molar-refractivity contribution >= 4 is 5.91 Å². The molecule has 1 saturated carbocycles. The molecule has 0 aliphatic heterocycles. The van der Waals surface area contributed by atoms with Crippen molar-refractivity contribution in [1.29, 1.82) is 0 Å². The quantitative estimate of drug-likeness (QED) is 0.701. The average Bonchev–Trinajstić information content (AvgIpc) is 3.03. The number of rotatable bonds is 3. The van der Waals surface area contributed by atoms with Crippen LogP contribution in [0.25, 0.3) is 0 Å². The molecule has 6 nitrogen and oxygen atoms in total. The Bertz CT molecular complexity index is 525. The van der Waals surface area contributed by atoms with Crippen LogP contribution in [0.2, 0.25) is 0 Å². The molecule has 1 aromatic rings. The normalized spacial score (nSPS) is 14.8. The van der Waals surface area contributed by atoms with Crippen LogP contribution in [-0.4, -0.2) is 21.1 Å². The molecule has 1 fully saturated rings. The molecule has 0 spiro atoms. The first-order valence-electron chi connectivity index (χ1n) is 5.14. The van der Waals surface area contributed by atoms with Gasteiger partial charge in [0.05, 0.1) is 0 Å². The lowest BCUT2D eigenvalue weighted by Crippen LogP contribution is -2.40. The van der Waals surface area contributed by atoms with E-state index in [1.807, 2.05) is 0 Å². The molecule has 1 heterocycles. The van der Waals surface area contributed by atoms with Gasteiger partial charge in [-0.1, -0.05) is 0 Å². The SMILES string of the molecule is Cn1c(=O)ccn(CC(=O)NC2CC2)c1=O. The van der Waals surface area contributed by atoms with Crippen molar-refractivity contribution in [2.45, 2.75) is 25.4 Å². The molecular formula is C10H13N3O3. The van der Waals surface area contributed by atoms with E-state index in [0.29, 0.717) is 0 Å². The van der Waals surface area contributed by atoms with E-state index in [1.54, 1.807) is 0 Å². The molecule has 0 aromatic carbocycles. The van der Waals surface area contributed by atoms with Crippen LogP contribution in [0, 0.1) is 0 Å². The molecule has 0 bridgehead atoms. The maximum absolute atomic E-state index is 11.6. The lowest BCUT2D eigenvalue weighted by Gasteiger charge is -2.06. The number of amides is 1. The summed E-state index contributed by atoms with van der Waals surface area (Å²) in [6.45, 7) is -0.0382. The molecule has 1 aromatic heterocycles. The first-order chi connectivity index (χ1) is 7.58. The van der Waals surface area contributed by atoms with Gasteiger partial charge in [0, 0.05) is 25.4 Å². The number of hydrogen-bond donors (Lipinski definition) is 1. The van der Waals surface area contributed by atoms with E-state index in [2.05, 4.69) is 5.32 Å². The number of hydrogen-bond acceptors (Lipinski definition) is 3. The molecule has 1 aliphatic rings. The number of aromatic nitrogens is 2. The number of nitrogens with zero attached hydrogens (tertiary/aromatic N) is 2. The second-order valence-corrected chi connectivity index (χ2v) is 3.97. The molecule has 1 aliphatic carbocycles. The van der Waals surface area contributed by atoms with Crippen molar-refractivity contribution in [3.63, 3.8) is 0 Å². The summed E-state index contributed by atoms with van der Waals surface area (Å²) >= 11 is 0. The van der Waals surface area contributed by atoms with Gasteiger partial charge in [-0.2, -0.15) is 0 Å². The van der Waals surface area contributed by atoms with E-state index in [0.717, 1.165) is 17.4 Å². The molecule has 1 amide bonds. The smallest absolute Gasteiger partial charge is 0.331 e. The zero-order valence-corrected chi connectivity index (χ0v) is 8.97. The van der Waals surface area contributed by atoms with Crippen molar-refractivity contribution in [3.05, 3.63) is 33.1 Å². The van der Waals surface area contributed by atoms with Gasteiger partial charge in [0.15, 0.2) is 0 Å². The summed E-state index contributed by atoms with van der Waals surface area (Å²) in [5.74, 6) is -0.191. The third kappa shape index (κ3) is 2.21. The van der Waals surface area contributed by atoms with Crippen molar-refractivity contribution in [2.24, 2.45) is 7.05 Å². The number of nitrogens with one attached hydrogen (secondary N) is 1. The van der Waals surface area contributed by atoms with Crippen LogP contribution in [0.1, 0.15) is 12.8 Å². The van der Waals surface area contributed by atoms with E-state index in [-0.39, 0.29) is 24.1 Å². The third-order valence-electron chi connectivity index (χ3n) is 2.52. The highest BCUT2D eigenvalue weighted by atomic mass is 16.2. The maximum Gasteiger partial charge on any atom is 0.331 e. The topological polar surface area (TPSA) is 73.1 Å². The van der Waals surface area contributed by atoms with Gasteiger partial charge in [0.1, 0.15) is 6.54 Å². The van der Waals surface area contributed by atoms with Crippen molar-refractivity contribution in [1.82, 2.24) is 14.5 Å². The van der Waals surface area contributed by atoms with Gasteiger partial charge >= 0.3 is 5.69 Å². The van der Waals surface area contributed by atoms with Crippen molar-refractivity contribution < 1.29 is 4.79 Å². The Hall–Kier alpha value is -1.85. The Morgan fingerprint density at radius 2 is 2.19 bits per heavy atom. The van der Waals surface area contributed by atoms with E-state index in [9.17, 15) is 14.4 Å². The highest BCUT2D eigenvalue weighted by Crippen LogP contribution is 2.18. The number of carbonyl (C=O) groups is 1. The second kappa shape index (κ2) is 3.96. The molecule has 0 unspecified atom stereocenters. The summed E-state index contributed by atoms with van der Waals surface area (Å²) in [5.41, 5.74) is -0.845. The fourth-order valence-corrected chi connectivity index (χ4v) is 1.39. The Morgan fingerprint density at radius 1 is 1.50 bits per heavy atom. The Labute approximate surface area is 91.5 Å². The fraction of sp³-hybridized carbons (Fsp3) is 0.500. The molecule has 86 valence electrons. The second-order valence-electron chi connectivity index (χ2n) is 3.97. The van der Waals surface area contributed by atoms with E-state index in [1.165, 1.54) is 23.9 Å². The highest BCUT2D eigenvalue weighted by molar-refractivity contribution is 5.76. The van der Waals surface area contributed by atoms with E-state index >= 15 is 0 Å². The molecule has 6 heteroatoms. The van der Waals surface area contributed by atoms with Gasteiger partial charge in [-0.05, 0) is 12.8 Å². The standard InChI is InChI=1S/C10H13N3O3/c1-12-9(15)4-5-13(10(12)16)6-8(14)11-7-2-3-7/h4-5,7H,2-3,6H2,1H3,(H,11,14). The monoisotopic (exact) mass is 223 g/mol. The van der Waals surface area contributed by atoms with Crippen LogP contribution >= 0.6 is 0 Å². The predicted octanol–water partition coefficient (Wildman–Crippen LogP) is -1.17. The maximum atomic E-state index is 11.6. The summed E-state index contributed by atoms with van der Waals surface area (Å²) < 4.78 is 2.20. The lowest BCUT2D eigenvalue weighted by atomic mass is 10.5. The Balaban J connectivity index is 2.14. The number of carbonyl (C=O) groups excluding carboxylic acids is 1. The predicted molar refractivity (Wildman–Crippen MR) is 57.1 cm³/mol. The molecule has 0 saturated heterocycles. The molecule has 0 radical (unpaired) electrons. The zero-order chi connectivity index (χ0) is 11.7. The molecular weight excluding hydrogens is 210 g/mol. The van der Waals surface area contributed by atoms with Crippen LogP contribution in [0.3, 0.4) is 0 Å². The summed E-state index contributed by atoms with van der Waals surface area (Å²) in [5, 5.41) is 2.78. The zero-order valence-electron chi connectivity index (χ0n) is 8.97. The van der Waals surface area contributed by atoms with Crippen LogP contribution in [0.15, 0.2) is 21.9 Å². The van der Waals surface area contributed by atoms with Gasteiger partial charge in [-0.15, -0.1) is 0 Å². The molecule has 2 rings (SSSR count). The minimum atomic E-state index is -0.474. The first-order valence-corrected chi connectivity index (χ1v) is 5.14. The molecule has 1 N–H and O–H groups in total. The minimum absolute atomic E-state index is 0.0382. The van der Waals surface area contributed by atoms with Crippen LogP contribution in [0.5, 0.6) is 0 Å². The van der Waals surface area contributed by atoms with Crippen molar-refractivity contribution in [3.8, 4) is 0 Å². The Kier molecular flexibility index (Phi) is 2.64. The first kappa shape index (κ1) is 10.7. The summed E-state index contributed by atoms with van der Waals surface area (Å²) in [6.07, 6.45) is 3.36. The van der Waals surface area contributed by atoms with Crippen LogP contribution in [-0.2, 0) is 18.4 Å². The molecule has 16 heavy (non-hydrogen) atoms. The highest BCUT2D eigenvalue weighted by Gasteiger charge is 2.23. The third-order valence-corrected chi connectivity index (χ3v) is 2.52. The summed E-state index contributed by atoms with van der Waals surface area (Å²) in [7, 11) is 1.39. The largest absolute Gasteiger partial charge is 0.352 e. The molecule has 0 atom stereocenters. The fourth-order valence-electron chi connectivity index (χ4n) is 1.39. The average molecular weight is 223 g/mol.